The Bertz CT molecular complexity index is 2280. The van der Waals surface area contributed by atoms with Crippen LogP contribution in [0.1, 0.15) is 114 Å². The lowest BCUT2D eigenvalue weighted by Crippen LogP contribution is -2.74. The van der Waals surface area contributed by atoms with E-state index < -0.39 is 29.7 Å². The van der Waals surface area contributed by atoms with Gasteiger partial charge in [-0.25, -0.2) is 9.97 Å². The molecule has 2 saturated heterocycles. The number of nitrogens with one attached hydrogen (secondary N) is 2. The van der Waals surface area contributed by atoms with Crippen LogP contribution >= 0.6 is 0 Å². The smallest absolute Gasteiger partial charge is 0.271 e. The van der Waals surface area contributed by atoms with Gasteiger partial charge in [-0.2, -0.15) is 5.26 Å². The summed E-state index contributed by atoms with van der Waals surface area (Å²) in [6, 6.07) is 10.1. The molecule has 4 fully saturated rings. The van der Waals surface area contributed by atoms with Crippen LogP contribution in [0.15, 0.2) is 42.7 Å². The van der Waals surface area contributed by atoms with E-state index in [1.165, 1.54) is 0 Å². The van der Waals surface area contributed by atoms with Gasteiger partial charge in [-0.05, 0) is 87.5 Å². The lowest BCUT2D eigenvalue weighted by atomic mass is 9.49. The van der Waals surface area contributed by atoms with Crippen LogP contribution in [-0.4, -0.2) is 106 Å². The summed E-state index contributed by atoms with van der Waals surface area (Å²) >= 11 is 0. The fourth-order valence-electron chi connectivity index (χ4n) is 10.5. The highest BCUT2D eigenvalue weighted by Gasteiger charge is 2.64. The highest BCUT2D eigenvalue weighted by molar-refractivity contribution is 6.23. The van der Waals surface area contributed by atoms with E-state index in [1.54, 1.807) is 30.6 Å². The number of hydrogen-bond donors (Lipinski definition) is 2. The lowest BCUT2D eigenvalue weighted by Gasteiger charge is -2.63. The monoisotopic (exact) mass is 830 g/mol. The summed E-state index contributed by atoms with van der Waals surface area (Å²) in [6.45, 7) is 14.9. The molecule has 2 saturated carbocycles. The summed E-state index contributed by atoms with van der Waals surface area (Å²) in [5, 5.41) is 14.9. The summed E-state index contributed by atoms with van der Waals surface area (Å²) in [5.74, 6) is 0.131. The number of imide groups is 2. The molecule has 0 bridgehead atoms. The number of benzene rings is 2. The van der Waals surface area contributed by atoms with Crippen molar-refractivity contribution in [1.29, 1.82) is 5.26 Å². The van der Waals surface area contributed by atoms with Crippen molar-refractivity contribution in [3.05, 3.63) is 76.2 Å². The van der Waals surface area contributed by atoms with Gasteiger partial charge in [0.05, 0.1) is 35.2 Å². The summed E-state index contributed by atoms with van der Waals surface area (Å²) in [7, 11) is 2.15. The predicted molar refractivity (Wildman–Crippen MR) is 224 cm³/mol. The molecule has 2 N–H and O–H groups in total. The van der Waals surface area contributed by atoms with Crippen molar-refractivity contribution < 1.29 is 33.4 Å². The SMILES string of the molecule is Cc1cc(OC2C(C)(C)C(NC(=O)c3cnc(N4CCC(CN(C)C5CC(Oc6ccc7c(c6)C(=O)N([C@@H]6CCC(=O)NC6=O)C7=O)C5)CC4)cn3)C2(C)C)cc(C)c1C#N. The number of carbonyl (C=O) groups is 5. The van der Waals surface area contributed by atoms with Crippen LogP contribution in [-0.2, 0) is 9.59 Å². The first-order valence-corrected chi connectivity index (χ1v) is 21.2. The number of piperidine rings is 2. The molecule has 5 aliphatic rings. The molecule has 15 heteroatoms. The van der Waals surface area contributed by atoms with E-state index in [-0.39, 0.29) is 64.6 Å². The number of nitrogens with zero attached hydrogens (tertiary/aromatic N) is 6. The maximum atomic E-state index is 13.5. The number of ether oxygens (including phenoxy) is 2. The van der Waals surface area contributed by atoms with Crippen molar-refractivity contribution in [2.45, 2.75) is 110 Å². The number of anilines is 1. The molecule has 3 aromatic rings. The van der Waals surface area contributed by atoms with E-state index >= 15 is 0 Å². The van der Waals surface area contributed by atoms with Crippen molar-refractivity contribution >= 4 is 35.4 Å². The minimum atomic E-state index is -1.00. The van der Waals surface area contributed by atoms with E-state index in [1.807, 2.05) is 26.0 Å². The van der Waals surface area contributed by atoms with Gasteiger partial charge in [0.2, 0.25) is 11.8 Å². The summed E-state index contributed by atoms with van der Waals surface area (Å²) in [4.78, 5) is 78.5. The molecule has 0 unspecified atom stereocenters. The molecule has 1 atom stereocenters. The maximum absolute atomic E-state index is 13.5. The summed E-state index contributed by atoms with van der Waals surface area (Å²) < 4.78 is 12.7. The van der Waals surface area contributed by atoms with Gasteiger partial charge < -0.3 is 24.6 Å². The third kappa shape index (κ3) is 7.71. The average Bonchev–Trinajstić information content (AvgIpc) is 3.44. The fraction of sp³-hybridized carbons (Fsp3) is 0.522. The molecule has 320 valence electrons. The Labute approximate surface area is 356 Å². The average molecular weight is 831 g/mol. The standard InChI is InChI=1S/C46H54N8O7/c1-25-16-30(17-26(2)34(25)21-47)61-44-45(3,4)43(46(44,5)6)51-39(56)35-22-49-37(23-48-35)53-14-12-27(13-15-53)24-52(7)28-18-31(19-28)60-29-8-9-32-33(20-29)42(59)54(41(32)58)36-10-11-38(55)50-40(36)57/h8-9,16-17,20,22-23,27-28,31,36,43-44H,10-15,18-19,24H2,1-7H3,(H,51,56)(H,50,55,57)/t28?,31?,36-,43?,44?/m1/s1. The number of carbonyl (C=O) groups excluding carboxylic acids is 5. The number of fused-ring (bicyclic) bond motifs is 1. The third-order valence-electron chi connectivity index (χ3n) is 13.7. The Kier molecular flexibility index (Phi) is 10.9. The number of hydrogen-bond acceptors (Lipinski definition) is 12. The molecule has 1 aromatic heterocycles. The van der Waals surface area contributed by atoms with Crippen LogP contribution in [0.3, 0.4) is 0 Å². The molecule has 0 radical (unpaired) electrons. The van der Waals surface area contributed by atoms with E-state index in [0.717, 1.165) is 72.9 Å². The van der Waals surface area contributed by atoms with E-state index in [4.69, 9.17) is 9.47 Å². The van der Waals surface area contributed by atoms with Crippen LogP contribution in [0.2, 0.25) is 0 Å². The van der Waals surface area contributed by atoms with E-state index in [2.05, 4.69) is 71.2 Å². The zero-order valence-electron chi connectivity index (χ0n) is 35.9. The van der Waals surface area contributed by atoms with Crippen molar-refractivity contribution in [3.8, 4) is 17.6 Å². The van der Waals surface area contributed by atoms with Crippen molar-refractivity contribution in [2.75, 3.05) is 31.6 Å². The Balaban J connectivity index is 0.773. The minimum Gasteiger partial charge on any atom is -0.490 e. The minimum absolute atomic E-state index is 0.0131. The second kappa shape index (κ2) is 15.9. The largest absolute Gasteiger partial charge is 0.490 e. The molecule has 5 amide bonds. The van der Waals surface area contributed by atoms with E-state index in [9.17, 15) is 29.2 Å². The summed E-state index contributed by atoms with van der Waals surface area (Å²) in [6.07, 6.45) is 6.97. The van der Waals surface area contributed by atoms with Crippen molar-refractivity contribution in [3.63, 3.8) is 0 Å². The number of rotatable bonds is 11. The van der Waals surface area contributed by atoms with Crippen LogP contribution in [0.25, 0.3) is 0 Å². The molecule has 0 spiro atoms. The topological polar surface area (TPSA) is 187 Å². The van der Waals surface area contributed by atoms with Gasteiger partial charge in [-0.15, -0.1) is 0 Å². The molecule has 2 aromatic carbocycles. The highest BCUT2D eigenvalue weighted by Crippen LogP contribution is 2.55. The second-order valence-corrected chi connectivity index (χ2v) is 18.7. The third-order valence-corrected chi connectivity index (χ3v) is 13.7. The van der Waals surface area contributed by atoms with Crippen molar-refractivity contribution in [2.24, 2.45) is 16.7 Å². The Morgan fingerprint density at radius 2 is 1.59 bits per heavy atom. The molecule has 3 aliphatic heterocycles. The normalized spacial score (nSPS) is 25.6. The Morgan fingerprint density at radius 3 is 2.21 bits per heavy atom. The van der Waals surface area contributed by atoms with Crippen LogP contribution < -0.4 is 25.0 Å². The number of nitriles is 1. The van der Waals surface area contributed by atoms with Crippen LogP contribution in [0.5, 0.6) is 11.5 Å². The number of amides is 5. The lowest BCUT2D eigenvalue weighted by molar-refractivity contribution is -0.164. The molecule has 4 heterocycles. The van der Waals surface area contributed by atoms with Gasteiger partial charge >= 0.3 is 0 Å². The van der Waals surface area contributed by atoms with Gasteiger partial charge in [0.1, 0.15) is 41.3 Å². The van der Waals surface area contributed by atoms with Gasteiger partial charge in [-0.3, -0.25) is 34.2 Å². The first-order chi connectivity index (χ1) is 29.0. The second-order valence-electron chi connectivity index (χ2n) is 18.7. The summed E-state index contributed by atoms with van der Waals surface area (Å²) in [5.41, 5.74) is 2.41. The number of aromatic nitrogens is 2. The van der Waals surface area contributed by atoms with Gasteiger partial charge in [0, 0.05) is 61.8 Å². The van der Waals surface area contributed by atoms with Gasteiger partial charge in [0.25, 0.3) is 17.7 Å². The van der Waals surface area contributed by atoms with Crippen LogP contribution in [0, 0.1) is 41.9 Å². The quantitative estimate of drug-likeness (QED) is 0.253. The highest BCUT2D eigenvalue weighted by atomic mass is 16.5. The first kappa shape index (κ1) is 41.8. The first-order valence-electron chi connectivity index (χ1n) is 21.2. The molecular weight excluding hydrogens is 777 g/mol. The Morgan fingerprint density at radius 1 is 0.918 bits per heavy atom. The van der Waals surface area contributed by atoms with Gasteiger partial charge in [-0.1, -0.05) is 27.7 Å². The van der Waals surface area contributed by atoms with Gasteiger partial charge in [0.15, 0.2) is 0 Å². The Hall–Kier alpha value is -5.88. The van der Waals surface area contributed by atoms with E-state index in [0.29, 0.717) is 23.3 Å². The molecule has 15 nitrogen and oxygen atoms in total. The molecule has 61 heavy (non-hydrogen) atoms. The predicted octanol–water partition coefficient (Wildman–Crippen LogP) is 4.74. The fourth-order valence-corrected chi connectivity index (χ4v) is 10.5. The molecular formula is C46H54N8O7. The zero-order chi connectivity index (χ0) is 43.5. The van der Waals surface area contributed by atoms with Crippen LogP contribution in [0.4, 0.5) is 5.82 Å². The maximum Gasteiger partial charge on any atom is 0.271 e. The molecule has 2 aliphatic carbocycles. The van der Waals surface area contributed by atoms with Crippen molar-refractivity contribution in [1.82, 2.24) is 30.4 Å². The zero-order valence-corrected chi connectivity index (χ0v) is 35.9. The number of aryl methyl sites for hydroxylation is 2. The molecule has 8 rings (SSSR count).